The molecule has 4 unspecified atom stereocenters. The molecule has 4 aliphatic rings. The molecule has 0 amide bonds. The number of rotatable bonds is 4. The van der Waals surface area contributed by atoms with Crippen molar-refractivity contribution in [2.24, 2.45) is 0 Å². The first-order valence-electron chi connectivity index (χ1n) is 13.6. The minimum Gasteiger partial charge on any atom is -0.135 e. The molecule has 8 atom stereocenters. The van der Waals surface area contributed by atoms with Crippen LogP contribution in [0, 0.1) is 0 Å². The van der Waals surface area contributed by atoms with Crippen LogP contribution >= 0.6 is 43.0 Å². The molecule has 0 aliphatic carbocycles. The van der Waals surface area contributed by atoms with E-state index < -0.39 is 0 Å². The fraction of sp³-hybridized carbons (Fsp3) is 0.714. The molecule has 180 valence electrons. The Hall–Kier alpha value is 0.900. The first-order chi connectivity index (χ1) is 16.0. The third-order valence-corrected chi connectivity index (χ3v) is 27.2. The fourth-order valence-corrected chi connectivity index (χ4v) is 29.8. The van der Waals surface area contributed by atoms with Crippen molar-refractivity contribution in [3.8, 4) is 0 Å². The van der Waals surface area contributed by atoms with Crippen LogP contribution < -0.4 is 9.92 Å². The predicted molar refractivity (Wildman–Crippen MR) is 161 cm³/mol. The Kier molecular flexibility index (Phi) is 7.34. The van der Waals surface area contributed by atoms with Crippen LogP contribution in [0.2, 0.25) is 0 Å². The van der Waals surface area contributed by atoms with Crippen LogP contribution in [0.15, 0.2) is 24.3 Å². The lowest BCUT2D eigenvalue weighted by Crippen LogP contribution is -2.25. The van der Waals surface area contributed by atoms with Crippen molar-refractivity contribution in [1.82, 2.24) is 0 Å². The Morgan fingerprint density at radius 2 is 1.18 bits per heavy atom. The summed E-state index contributed by atoms with van der Waals surface area (Å²) in [6, 6.07) is 9.65. The third kappa shape index (κ3) is 4.26. The zero-order valence-electron chi connectivity index (χ0n) is 21.0. The van der Waals surface area contributed by atoms with E-state index in [0.717, 1.165) is 33.4 Å². The monoisotopic (exact) mass is 534 g/mol. The molecule has 5 heterocycles. The van der Waals surface area contributed by atoms with E-state index in [1.807, 2.05) is 9.92 Å². The second-order valence-electron chi connectivity index (χ2n) is 11.3. The summed E-state index contributed by atoms with van der Waals surface area (Å²) in [5, 5.41) is 5.85. The summed E-state index contributed by atoms with van der Waals surface area (Å²) in [4.78, 5) is 0. The van der Waals surface area contributed by atoms with Crippen LogP contribution in [0.4, 0.5) is 0 Å². The molecule has 5 heteroatoms. The van der Waals surface area contributed by atoms with Crippen molar-refractivity contribution >= 4 is 63.0 Å². The predicted octanol–water partition coefficient (Wildman–Crippen LogP) is 9.46. The normalized spacial score (nSPS) is 42.1. The van der Waals surface area contributed by atoms with Gasteiger partial charge in [0.1, 0.15) is 0 Å². The molecule has 4 saturated heterocycles. The second kappa shape index (κ2) is 9.99. The van der Waals surface area contributed by atoms with Crippen LogP contribution in [0.3, 0.4) is 0 Å². The lowest BCUT2D eigenvalue weighted by Gasteiger charge is -2.36. The second-order valence-corrected chi connectivity index (χ2v) is 25.0. The van der Waals surface area contributed by atoms with Crippen LogP contribution in [0.25, 0.3) is 10.1 Å². The number of hydrogen-bond acceptors (Lipinski definition) is 1. The Bertz CT molecular complexity index is 967. The zero-order valence-corrected chi connectivity index (χ0v) is 25.4. The van der Waals surface area contributed by atoms with Crippen LogP contribution in [0.1, 0.15) is 79.1 Å². The average molecular weight is 535 g/mol. The van der Waals surface area contributed by atoms with Crippen LogP contribution in [-0.2, 0) is 0 Å². The van der Waals surface area contributed by atoms with Gasteiger partial charge in [0.2, 0.25) is 0 Å². The van der Waals surface area contributed by atoms with Crippen molar-refractivity contribution in [2.45, 2.75) is 112 Å². The number of benzene rings is 1. The van der Waals surface area contributed by atoms with E-state index in [-0.39, 0.29) is 31.7 Å². The first kappa shape index (κ1) is 24.2. The van der Waals surface area contributed by atoms with Gasteiger partial charge >= 0.3 is 0 Å². The number of fused-ring (bicyclic) bond motifs is 1. The van der Waals surface area contributed by atoms with Crippen LogP contribution in [-0.4, -0.2) is 45.8 Å². The van der Waals surface area contributed by atoms with E-state index >= 15 is 0 Å². The summed E-state index contributed by atoms with van der Waals surface area (Å²) in [5.74, 6) is 0. The maximum Gasteiger partial charge on any atom is 0.0373 e. The maximum atomic E-state index is 2.62. The quantitative estimate of drug-likeness (QED) is 0.343. The van der Waals surface area contributed by atoms with Gasteiger partial charge in [-0.05, 0) is 92.4 Å². The summed E-state index contributed by atoms with van der Waals surface area (Å²) < 4.78 is 3.61. The van der Waals surface area contributed by atoms with E-state index in [1.165, 1.54) is 38.5 Å². The number of thiophene rings is 1. The molecular formula is C28H42P4S. The molecule has 0 spiro atoms. The van der Waals surface area contributed by atoms with Gasteiger partial charge in [0.05, 0.1) is 0 Å². The molecule has 0 nitrogen and oxygen atoms in total. The fourth-order valence-electron chi connectivity index (χ4n) is 7.71. The van der Waals surface area contributed by atoms with E-state index in [4.69, 9.17) is 0 Å². The van der Waals surface area contributed by atoms with Gasteiger partial charge in [-0.2, -0.15) is 0 Å². The topological polar surface area (TPSA) is 0 Å². The van der Waals surface area contributed by atoms with Gasteiger partial charge in [0.25, 0.3) is 0 Å². The van der Waals surface area contributed by atoms with Gasteiger partial charge in [-0.3, -0.25) is 0 Å². The van der Waals surface area contributed by atoms with Crippen molar-refractivity contribution in [1.29, 1.82) is 0 Å². The Labute approximate surface area is 211 Å². The Morgan fingerprint density at radius 1 is 0.667 bits per heavy atom. The van der Waals surface area contributed by atoms with Gasteiger partial charge in [-0.25, -0.2) is 0 Å². The van der Waals surface area contributed by atoms with Crippen LogP contribution in [0.5, 0.6) is 0 Å². The highest BCUT2D eigenvalue weighted by molar-refractivity contribution is 7.87. The Balaban J connectivity index is 1.42. The highest BCUT2D eigenvalue weighted by atomic mass is 32.1. The summed E-state index contributed by atoms with van der Waals surface area (Å²) in [6.45, 7) is 10.5. The maximum absolute atomic E-state index is 2.62. The highest BCUT2D eigenvalue weighted by Crippen LogP contribution is 2.74. The van der Waals surface area contributed by atoms with Gasteiger partial charge in [-0.15, -0.1) is 11.3 Å². The molecule has 0 saturated carbocycles. The van der Waals surface area contributed by atoms with E-state index in [9.17, 15) is 0 Å². The summed E-state index contributed by atoms with van der Waals surface area (Å²) in [5.41, 5.74) is 4.08. The molecule has 33 heavy (non-hydrogen) atoms. The summed E-state index contributed by atoms with van der Waals surface area (Å²) >= 11 is 2.28. The van der Waals surface area contributed by atoms with Crippen molar-refractivity contribution in [3.05, 3.63) is 24.3 Å². The Morgan fingerprint density at radius 3 is 1.79 bits per heavy atom. The van der Waals surface area contributed by atoms with Crippen molar-refractivity contribution in [3.63, 3.8) is 0 Å². The SMILES string of the molecule is CC1CCC(C)P1[C@H]1CCCP1c1sc2ccccc2c1P1CCC[C@@H]1P1[C@H](C)CC[C@H]1C. The molecule has 0 bridgehead atoms. The molecule has 6 rings (SSSR count). The molecule has 0 N–H and O–H groups in total. The molecule has 1 aromatic heterocycles. The lowest BCUT2D eigenvalue weighted by molar-refractivity contribution is 0.777. The van der Waals surface area contributed by atoms with Crippen molar-refractivity contribution < 1.29 is 0 Å². The largest absolute Gasteiger partial charge is 0.135 e. The van der Waals surface area contributed by atoms with E-state index in [1.54, 1.807) is 35.3 Å². The first-order valence-corrected chi connectivity index (χ1v) is 20.7. The van der Waals surface area contributed by atoms with E-state index in [2.05, 4.69) is 63.3 Å². The van der Waals surface area contributed by atoms with Gasteiger partial charge in [-0.1, -0.05) is 77.6 Å². The summed E-state index contributed by atoms with van der Waals surface area (Å²) in [6.07, 6.45) is 15.3. The molecule has 1 aromatic carbocycles. The third-order valence-electron chi connectivity index (χ3n) is 9.27. The van der Waals surface area contributed by atoms with Gasteiger partial charge in [0.15, 0.2) is 0 Å². The standard InChI is InChI=1S/C28H42P4S/c1-19-13-14-20(2)31(19)25-11-7-17-29(25)27-23-9-5-6-10-24(23)33-28(27)30-18-8-12-26(30)32-21(3)15-16-22(32)4/h5-6,9-10,19-22,25-26H,7-8,11-18H2,1-4H3/t19-,20-,21?,22?,25+,26+,29?,30?,32?/m1/s1. The minimum atomic E-state index is 0.0417. The zero-order chi connectivity index (χ0) is 22.7. The van der Waals surface area contributed by atoms with Gasteiger partial charge in [0, 0.05) is 30.8 Å². The molecular weight excluding hydrogens is 492 g/mol. The molecule has 4 fully saturated rings. The number of hydrogen-bond donors (Lipinski definition) is 0. The molecule has 4 aliphatic heterocycles. The van der Waals surface area contributed by atoms with E-state index in [0.29, 0.717) is 0 Å². The molecule has 0 radical (unpaired) electrons. The van der Waals surface area contributed by atoms with Gasteiger partial charge < -0.3 is 0 Å². The smallest absolute Gasteiger partial charge is 0.0373 e. The molecule has 2 aromatic rings. The average Bonchev–Trinajstić information content (AvgIpc) is 3.60. The lowest BCUT2D eigenvalue weighted by atomic mass is 10.2. The minimum absolute atomic E-state index is 0.0417. The van der Waals surface area contributed by atoms with Crippen molar-refractivity contribution in [2.75, 3.05) is 12.3 Å². The summed E-state index contributed by atoms with van der Waals surface area (Å²) in [7, 11) is 0.553. The highest BCUT2D eigenvalue weighted by Gasteiger charge is 2.46.